The second kappa shape index (κ2) is 8.97. The van der Waals surface area contributed by atoms with Crippen LogP contribution in [0.3, 0.4) is 0 Å². The van der Waals surface area contributed by atoms with Crippen LogP contribution >= 0.6 is 0 Å². The monoisotopic (exact) mass is 355 g/mol. The minimum Gasteiger partial charge on any atom is -0.466 e. The summed E-state index contributed by atoms with van der Waals surface area (Å²) in [6.07, 6.45) is 0.378. The molecule has 2 rings (SSSR count). The Morgan fingerprint density at radius 2 is 1.65 bits per heavy atom. The number of aliphatic hydroxyl groups is 1. The van der Waals surface area contributed by atoms with Gasteiger partial charge in [0.15, 0.2) is 0 Å². The quantitative estimate of drug-likeness (QED) is 0.711. The smallest absolute Gasteiger partial charge is 0.311 e. The molecule has 4 nitrogen and oxygen atoms in total. The molecule has 0 amide bonds. The van der Waals surface area contributed by atoms with Crippen LogP contribution < -0.4 is 5.73 Å². The molecule has 2 aromatic carbocycles. The molecular weight excluding hydrogens is 326 g/mol. The fourth-order valence-electron chi connectivity index (χ4n) is 3.04. The van der Waals surface area contributed by atoms with Crippen molar-refractivity contribution < 1.29 is 14.6 Å². The van der Waals surface area contributed by atoms with Crippen LogP contribution in [0, 0.1) is 5.92 Å². The standard InChI is InChI=1S/C22H29NO3/c1-4-26-21(25)18(15-24)14-20(23)22(2,3)19-12-10-17(11-13-19)16-8-6-5-7-9-16/h5-13,18,20,24H,4,14-15,23H2,1-3H3. The molecular formula is C22H29NO3. The van der Waals surface area contributed by atoms with E-state index in [1.807, 2.05) is 18.2 Å². The molecule has 4 heteroatoms. The van der Waals surface area contributed by atoms with Crippen molar-refractivity contribution in [2.24, 2.45) is 11.7 Å². The molecule has 0 spiro atoms. The molecule has 0 saturated heterocycles. The van der Waals surface area contributed by atoms with Crippen LogP contribution in [-0.4, -0.2) is 30.3 Å². The summed E-state index contributed by atoms with van der Waals surface area (Å²) in [5, 5.41) is 9.51. The summed E-state index contributed by atoms with van der Waals surface area (Å²) >= 11 is 0. The predicted molar refractivity (Wildman–Crippen MR) is 105 cm³/mol. The first-order valence-corrected chi connectivity index (χ1v) is 9.09. The summed E-state index contributed by atoms with van der Waals surface area (Å²) in [5.74, 6) is -0.978. The number of carbonyl (C=O) groups is 1. The van der Waals surface area contributed by atoms with Crippen LogP contribution in [-0.2, 0) is 14.9 Å². The summed E-state index contributed by atoms with van der Waals surface area (Å²) in [6, 6.07) is 18.3. The Kier molecular flexibility index (Phi) is 6.95. The van der Waals surface area contributed by atoms with Crippen molar-refractivity contribution in [3.8, 4) is 11.1 Å². The number of ether oxygens (including phenoxy) is 1. The second-order valence-corrected chi connectivity index (χ2v) is 7.14. The zero-order chi connectivity index (χ0) is 19.2. The zero-order valence-corrected chi connectivity index (χ0v) is 15.8. The van der Waals surface area contributed by atoms with Gasteiger partial charge in [-0.05, 0) is 30.0 Å². The lowest BCUT2D eigenvalue weighted by Gasteiger charge is -2.34. The number of hydrogen-bond acceptors (Lipinski definition) is 4. The highest BCUT2D eigenvalue weighted by Crippen LogP contribution is 2.31. The molecule has 0 aliphatic carbocycles. The van der Waals surface area contributed by atoms with E-state index >= 15 is 0 Å². The van der Waals surface area contributed by atoms with E-state index in [1.54, 1.807) is 6.92 Å². The predicted octanol–water partition coefficient (Wildman–Crippen LogP) is 3.52. The van der Waals surface area contributed by atoms with Crippen molar-refractivity contribution in [3.05, 3.63) is 60.2 Å². The van der Waals surface area contributed by atoms with Crippen molar-refractivity contribution in [2.45, 2.75) is 38.6 Å². The third-order valence-corrected chi connectivity index (χ3v) is 5.04. The van der Waals surface area contributed by atoms with Crippen molar-refractivity contribution >= 4 is 5.97 Å². The maximum atomic E-state index is 11.9. The van der Waals surface area contributed by atoms with Crippen LogP contribution in [0.5, 0.6) is 0 Å². The summed E-state index contributed by atoms with van der Waals surface area (Å²) in [4.78, 5) is 11.9. The molecule has 0 aliphatic heterocycles. The molecule has 0 saturated carbocycles. The summed E-state index contributed by atoms with van der Waals surface area (Å²) < 4.78 is 5.02. The average molecular weight is 355 g/mol. The Morgan fingerprint density at radius 1 is 1.08 bits per heavy atom. The van der Waals surface area contributed by atoms with E-state index < -0.39 is 5.92 Å². The molecule has 2 unspecified atom stereocenters. The van der Waals surface area contributed by atoms with Gasteiger partial charge in [0, 0.05) is 11.5 Å². The first-order chi connectivity index (χ1) is 12.4. The Balaban J connectivity index is 2.14. The maximum absolute atomic E-state index is 11.9. The van der Waals surface area contributed by atoms with Crippen LogP contribution in [0.4, 0.5) is 0 Å². The molecule has 0 radical (unpaired) electrons. The first-order valence-electron chi connectivity index (χ1n) is 9.09. The van der Waals surface area contributed by atoms with Gasteiger partial charge in [-0.15, -0.1) is 0 Å². The summed E-state index contributed by atoms with van der Waals surface area (Å²) in [5.41, 5.74) is 9.51. The minimum atomic E-state index is -0.590. The lowest BCUT2D eigenvalue weighted by atomic mass is 9.74. The van der Waals surface area contributed by atoms with E-state index in [4.69, 9.17) is 10.5 Å². The van der Waals surface area contributed by atoms with Crippen molar-refractivity contribution in [2.75, 3.05) is 13.2 Å². The largest absolute Gasteiger partial charge is 0.466 e. The summed E-state index contributed by atoms with van der Waals surface area (Å²) in [7, 11) is 0. The van der Waals surface area contributed by atoms with Crippen LogP contribution in [0.1, 0.15) is 32.8 Å². The molecule has 0 aliphatic rings. The molecule has 0 aromatic heterocycles. The topological polar surface area (TPSA) is 72.5 Å². The Labute approximate surface area is 156 Å². The third-order valence-electron chi connectivity index (χ3n) is 5.04. The number of hydrogen-bond donors (Lipinski definition) is 2. The number of benzene rings is 2. The maximum Gasteiger partial charge on any atom is 0.311 e. The number of esters is 1. The molecule has 3 N–H and O–H groups in total. The highest BCUT2D eigenvalue weighted by Gasteiger charge is 2.32. The molecule has 0 fully saturated rings. The fourth-order valence-corrected chi connectivity index (χ4v) is 3.04. The van der Waals surface area contributed by atoms with Gasteiger partial charge >= 0.3 is 5.97 Å². The molecule has 2 aromatic rings. The Morgan fingerprint density at radius 3 is 2.19 bits per heavy atom. The van der Waals surface area contributed by atoms with Gasteiger partial charge in [-0.2, -0.15) is 0 Å². The minimum absolute atomic E-state index is 0.254. The highest BCUT2D eigenvalue weighted by atomic mass is 16.5. The molecule has 140 valence electrons. The SMILES string of the molecule is CCOC(=O)C(CO)CC(N)C(C)(C)c1ccc(-c2ccccc2)cc1. The van der Waals surface area contributed by atoms with Crippen molar-refractivity contribution in [1.82, 2.24) is 0 Å². The molecule has 26 heavy (non-hydrogen) atoms. The lowest BCUT2D eigenvalue weighted by Crippen LogP contribution is -2.44. The fraction of sp³-hybridized carbons (Fsp3) is 0.409. The van der Waals surface area contributed by atoms with Crippen molar-refractivity contribution in [1.29, 1.82) is 0 Å². The van der Waals surface area contributed by atoms with E-state index in [-0.39, 0.29) is 24.0 Å². The number of aliphatic hydroxyl groups excluding tert-OH is 1. The summed E-state index contributed by atoms with van der Waals surface area (Å²) in [6.45, 7) is 5.93. The number of rotatable bonds is 8. The molecule has 0 heterocycles. The lowest BCUT2D eigenvalue weighted by molar-refractivity contribution is -0.149. The van der Waals surface area contributed by atoms with E-state index in [9.17, 15) is 9.90 Å². The van der Waals surface area contributed by atoms with Crippen molar-refractivity contribution in [3.63, 3.8) is 0 Å². The van der Waals surface area contributed by atoms with Gasteiger partial charge in [0.25, 0.3) is 0 Å². The van der Waals surface area contributed by atoms with Crippen LogP contribution in [0.15, 0.2) is 54.6 Å². The van der Waals surface area contributed by atoms with Gasteiger partial charge in [-0.1, -0.05) is 68.4 Å². The zero-order valence-electron chi connectivity index (χ0n) is 15.8. The number of carbonyl (C=O) groups excluding carboxylic acids is 1. The Bertz CT molecular complexity index is 695. The van der Waals surface area contributed by atoms with E-state index in [1.165, 1.54) is 5.56 Å². The van der Waals surface area contributed by atoms with E-state index in [0.29, 0.717) is 13.0 Å². The van der Waals surface area contributed by atoms with Gasteiger partial charge in [-0.25, -0.2) is 0 Å². The first kappa shape index (κ1) is 20.1. The van der Waals surface area contributed by atoms with Gasteiger partial charge < -0.3 is 15.6 Å². The average Bonchev–Trinajstić information content (AvgIpc) is 2.66. The van der Waals surface area contributed by atoms with E-state index in [2.05, 4.69) is 50.2 Å². The van der Waals surface area contributed by atoms with Gasteiger partial charge in [0.05, 0.1) is 19.1 Å². The van der Waals surface area contributed by atoms with Crippen LogP contribution in [0.2, 0.25) is 0 Å². The Hall–Kier alpha value is -2.17. The molecule has 2 atom stereocenters. The molecule has 0 bridgehead atoms. The van der Waals surface area contributed by atoms with Gasteiger partial charge in [0.2, 0.25) is 0 Å². The third kappa shape index (κ3) is 4.71. The highest BCUT2D eigenvalue weighted by molar-refractivity contribution is 5.72. The van der Waals surface area contributed by atoms with E-state index in [0.717, 1.165) is 11.1 Å². The normalized spacial score (nSPS) is 13.9. The van der Waals surface area contributed by atoms with Crippen LogP contribution in [0.25, 0.3) is 11.1 Å². The number of nitrogens with two attached hydrogens (primary N) is 1. The van der Waals surface area contributed by atoms with Gasteiger partial charge in [0.1, 0.15) is 0 Å². The van der Waals surface area contributed by atoms with Gasteiger partial charge in [-0.3, -0.25) is 4.79 Å². The second-order valence-electron chi connectivity index (χ2n) is 7.14.